The molecular formula is C11H7F5N4. The normalized spacial score (nSPS) is 10.7. The number of hydrogen-bond donors (Lipinski definition) is 2. The lowest BCUT2D eigenvalue weighted by Crippen LogP contribution is -2.09. The highest BCUT2D eigenvalue weighted by atomic mass is 19.2. The summed E-state index contributed by atoms with van der Waals surface area (Å²) >= 11 is 0. The van der Waals surface area contributed by atoms with Gasteiger partial charge in [-0.15, -0.1) is 0 Å². The minimum Gasteiger partial charge on any atom is -0.383 e. The molecule has 0 unspecified atom stereocenters. The van der Waals surface area contributed by atoms with Crippen molar-refractivity contribution in [2.45, 2.75) is 6.92 Å². The molecule has 4 nitrogen and oxygen atoms in total. The zero-order valence-electron chi connectivity index (χ0n) is 9.94. The van der Waals surface area contributed by atoms with Gasteiger partial charge in [0.15, 0.2) is 23.3 Å². The van der Waals surface area contributed by atoms with Crippen molar-refractivity contribution in [3.63, 3.8) is 0 Å². The van der Waals surface area contributed by atoms with E-state index in [1.54, 1.807) is 0 Å². The summed E-state index contributed by atoms with van der Waals surface area (Å²) in [6.45, 7) is 1.42. The fraction of sp³-hybridized carbons (Fsp3) is 0.0909. The van der Waals surface area contributed by atoms with Gasteiger partial charge in [0.05, 0.1) is 0 Å². The van der Waals surface area contributed by atoms with E-state index in [-0.39, 0.29) is 17.2 Å². The Hall–Kier alpha value is -2.45. The summed E-state index contributed by atoms with van der Waals surface area (Å²) in [5.41, 5.74) is 4.45. The molecule has 1 aromatic heterocycles. The highest BCUT2D eigenvalue weighted by Crippen LogP contribution is 2.30. The van der Waals surface area contributed by atoms with Crippen LogP contribution < -0.4 is 11.1 Å². The van der Waals surface area contributed by atoms with Gasteiger partial charge in [-0.25, -0.2) is 31.9 Å². The van der Waals surface area contributed by atoms with Gasteiger partial charge in [0, 0.05) is 5.56 Å². The van der Waals surface area contributed by atoms with Crippen molar-refractivity contribution in [2.24, 2.45) is 0 Å². The van der Waals surface area contributed by atoms with Gasteiger partial charge in [-0.1, -0.05) is 0 Å². The summed E-state index contributed by atoms with van der Waals surface area (Å²) in [4.78, 5) is 7.23. The van der Waals surface area contributed by atoms with Crippen LogP contribution in [0, 0.1) is 36.0 Å². The predicted molar refractivity (Wildman–Crippen MR) is 60.7 cm³/mol. The number of rotatable bonds is 2. The number of nitrogens with one attached hydrogen (secondary N) is 1. The Kier molecular flexibility index (Phi) is 3.43. The second-order valence-corrected chi connectivity index (χ2v) is 3.80. The van der Waals surface area contributed by atoms with Crippen LogP contribution in [0.3, 0.4) is 0 Å². The third-order valence-corrected chi connectivity index (χ3v) is 2.58. The number of nitrogens with two attached hydrogens (primary N) is 1. The highest BCUT2D eigenvalue weighted by molar-refractivity contribution is 5.64. The van der Waals surface area contributed by atoms with Crippen LogP contribution >= 0.6 is 0 Å². The van der Waals surface area contributed by atoms with Gasteiger partial charge in [-0.2, -0.15) is 0 Å². The van der Waals surface area contributed by atoms with Crippen LogP contribution in [0.15, 0.2) is 6.33 Å². The number of benzene rings is 1. The SMILES string of the molecule is Cc1c(N)ncnc1Nc1c(F)c(F)c(F)c(F)c1F. The maximum Gasteiger partial charge on any atom is 0.200 e. The van der Waals surface area contributed by atoms with E-state index in [1.807, 2.05) is 5.32 Å². The Labute approximate surface area is 109 Å². The first-order valence-corrected chi connectivity index (χ1v) is 5.20. The molecule has 106 valence electrons. The summed E-state index contributed by atoms with van der Waals surface area (Å²) in [6, 6.07) is 0. The van der Waals surface area contributed by atoms with Crippen LogP contribution in [0.2, 0.25) is 0 Å². The van der Waals surface area contributed by atoms with Crippen LogP contribution in [0.4, 0.5) is 39.3 Å². The van der Waals surface area contributed by atoms with E-state index < -0.39 is 34.8 Å². The molecule has 0 saturated carbocycles. The van der Waals surface area contributed by atoms with E-state index in [0.717, 1.165) is 6.33 Å². The standard InChI is InChI=1S/C11H7F5N4/c1-3-10(17)18-2-19-11(3)20-9-7(15)5(13)4(12)6(14)8(9)16/h2H,1H3,(H3,17,18,19,20). The minimum atomic E-state index is -2.23. The van der Waals surface area contributed by atoms with Gasteiger partial charge in [0.2, 0.25) is 5.82 Å². The van der Waals surface area contributed by atoms with Crippen LogP contribution in [0.5, 0.6) is 0 Å². The predicted octanol–water partition coefficient (Wildman–Crippen LogP) is 2.81. The lowest BCUT2D eigenvalue weighted by molar-refractivity contribution is 0.382. The first-order chi connectivity index (χ1) is 9.34. The quantitative estimate of drug-likeness (QED) is 0.507. The molecule has 20 heavy (non-hydrogen) atoms. The monoisotopic (exact) mass is 290 g/mol. The molecule has 2 aromatic rings. The van der Waals surface area contributed by atoms with E-state index in [2.05, 4.69) is 9.97 Å². The minimum absolute atomic E-state index is 0.00590. The summed E-state index contributed by atoms with van der Waals surface area (Å²) in [5, 5.41) is 2.03. The molecule has 2 rings (SSSR count). The molecule has 0 aliphatic carbocycles. The zero-order valence-corrected chi connectivity index (χ0v) is 9.94. The fourth-order valence-electron chi connectivity index (χ4n) is 1.42. The number of nitrogens with zero attached hydrogens (tertiary/aromatic N) is 2. The van der Waals surface area contributed by atoms with E-state index in [1.165, 1.54) is 6.92 Å². The Bertz CT molecular complexity index is 660. The molecule has 0 spiro atoms. The van der Waals surface area contributed by atoms with Crippen molar-refractivity contribution in [2.75, 3.05) is 11.1 Å². The first kappa shape index (κ1) is 14.0. The van der Waals surface area contributed by atoms with Crippen molar-refractivity contribution >= 4 is 17.3 Å². The van der Waals surface area contributed by atoms with Gasteiger partial charge < -0.3 is 11.1 Å². The smallest absolute Gasteiger partial charge is 0.200 e. The highest BCUT2D eigenvalue weighted by Gasteiger charge is 2.26. The molecular weight excluding hydrogens is 283 g/mol. The molecule has 0 aliphatic rings. The van der Waals surface area contributed by atoms with Crippen LogP contribution in [0.1, 0.15) is 5.56 Å². The molecule has 0 atom stereocenters. The first-order valence-electron chi connectivity index (χ1n) is 5.20. The third-order valence-electron chi connectivity index (χ3n) is 2.58. The molecule has 9 heteroatoms. The molecule has 1 heterocycles. The van der Waals surface area contributed by atoms with E-state index in [9.17, 15) is 22.0 Å². The topological polar surface area (TPSA) is 63.8 Å². The van der Waals surface area contributed by atoms with Crippen molar-refractivity contribution < 1.29 is 22.0 Å². The van der Waals surface area contributed by atoms with Gasteiger partial charge in [0.25, 0.3) is 0 Å². The van der Waals surface area contributed by atoms with E-state index in [0.29, 0.717) is 0 Å². The van der Waals surface area contributed by atoms with Crippen LogP contribution in [0.25, 0.3) is 0 Å². The molecule has 0 amide bonds. The summed E-state index contributed by atoms with van der Waals surface area (Å²) in [5.74, 6) is -10.5. The summed E-state index contributed by atoms with van der Waals surface area (Å²) in [7, 11) is 0. The van der Waals surface area contributed by atoms with Crippen LogP contribution in [-0.4, -0.2) is 9.97 Å². The number of hydrogen-bond acceptors (Lipinski definition) is 4. The molecule has 3 N–H and O–H groups in total. The molecule has 0 aliphatic heterocycles. The molecule has 0 fully saturated rings. The van der Waals surface area contributed by atoms with Gasteiger partial charge >= 0.3 is 0 Å². The maximum atomic E-state index is 13.5. The van der Waals surface area contributed by atoms with E-state index >= 15 is 0 Å². The largest absolute Gasteiger partial charge is 0.383 e. The number of nitrogen functional groups attached to an aromatic ring is 1. The number of anilines is 3. The summed E-state index contributed by atoms with van der Waals surface area (Å²) in [6.07, 6.45) is 0.983. The lowest BCUT2D eigenvalue weighted by atomic mass is 10.2. The van der Waals surface area contributed by atoms with Gasteiger partial charge in [-0.3, -0.25) is 0 Å². The second-order valence-electron chi connectivity index (χ2n) is 3.80. The summed E-state index contributed by atoms with van der Waals surface area (Å²) < 4.78 is 65.9. The zero-order chi connectivity index (χ0) is 15.0. The molecule has 0 saturated heterocycles. The average molecular weight is 290 g/mol. The number of aromatic nitrogens is 2. The molecule has 0 bridgehead atoms. The average Bonchev–Trinajstić information content (AvgIpc) is 2.43. The number of halogens is 5. The fourth-order valence-corrected chi connectivity index (χ4v) is 1.42. The Morgan fingerprint density at radius 2 is 1.40 bits per heavy atom. The maximum absolute atomic E-state index is 13.5. The van der Waals surface area contributed by atoms with Crippen molar-refractivity contribution in [1.82, 2.24) is 9.97 Å². The lowest BCUT2D eigenvalue weighted by Gasteiger charge is -2.12. The van der Waals surface area contributed by atoms with Crippen molar-refractivity contribution in [3.05, 3.63) is 41.0 Å². The van der Waals surface area contributed by atoms with Gasteiger partial charge in [-0.05, 0) is 6.92 Å². The van der Waals surface area contributed by atoms with Crippen LogP contribution in [-0.2, 0) is 0 Å². The third kappa shape index (κ3) is 2.10. The Balaban J connectivity index is 2.57. The van der Waals surface area contributed by atoms with Gasteiger partial charge in [0.1, 0.15) is 23.7 Å². The van der Waals surface area contributed by atoms with Crippen molar-refractivity contribution in [3.8, 4) is 0 Å². The molecule has 1 aromatic carbocycles. The molecule has 0 radical (unpaired) electrons. The Morgan fingerprint density at radius 1 is 0.900 bits per heavy atom. The van der Waals surface area contributed by atoms with E-state index in [4.69, 9.17) is 5.73 Å². The van der Waals surface area contributed by atoms with Crippen molar-refractivity contribution in [1.29, 1.82) is 0 Å². The second kappa shape index (κ2) is 4.91. The Morgan fingerprint density at radius 3 is 1.95 bits per heavy atom.